The van der Waals surface area contributed by atoms with Crippen LogP contribution in [0.2, 0.25) is 5.02 Å². The van der Waals surface area contributed by atoms with Gasteiger partial charge in [0.15, 0.2) is 0 Å². The van der Waals surface area contributed by atoms with Gasteiger partial charge in [0, 0.05) is 10.5 Å². The third kappa shape index (κ3) is 3.28. The van der Waals surface area contributed by atoms with Crippen LogP contribution in [-0.4, -0.2) is 23.0 Å². The van der Waals surface area contributed by atoms with E-state index >= 15 is 0 Å². The van der Waals surface area contributed by atoms with Gasteiger partial charge in [-0.1, -0.05) is 34.0 Å². The molecule has 6 heteroatoms. The van der Waals surface area contributed by atoms with E-state index in [9.17, 15) is 9.59 Å². The second-order valence-corrected chi connectivity index (χ2v) is 5.90. The number of amides is 1. The Labute approximate surface area is 124 Å². The summed E-state index contributed by atoms with van der Waals surface area (Å²) in [7, 11) is 0. The van der Waals surface area contributed by atoms with Crippen molar-refractivity contribution in [3.63, 3.8) is 0 Å². The molecule has 102 valence electrons. The molecule has 2 N–H and O–H groups in total. The Hall–Kier alpha value is -1.07. The fraction of sp³-hybridized carbons (Fsp3) is 0.385. The lowest BCUT2D eigenvalue weighted by atomic mass is 10.0. The zero-order valence-electron chi connectivity index (χ0n) is 10.0. The van der Waals surface area contributed by atoms with Crippen LogP contribution in [0.25, 0.3) is 0 Å². The maximum Gasteiger partial charge on any atom is 0.308 e. The predicted octanol–water partition coefficient (Wildman–Crippen LogP) is 3.09. The van der Waals surface area contributed by atoms with Crippen molar-refractivity contribution < 1.29 is 14.7 Å². The number of rotatable bonds is 3. The Kier molecular flexibility index (Phi) is 4.47. The number of carbonyl (C=O) groups is 2. The molecule has 2 rings (SSSR count). The topological polar surface area (TPSA) is 66.4 Å². The van der Waals surface area contributed by atoms with E-state index in [1.54, 1.807) is 18.2 Å². The van der Waals surface area contributed by atoms with E-state index in [-0.39, 0.29) is 11.9 Å². The monoisotopic (exact) mass is 345 g/mol. The van der Waals surface area contributed by atoms with Crippen LogP contribution in [0.4, 0.5) is 0 Å². The van der Waals surface area contributed by atoms with Crippen LogP contribution in [0.5, 0.6) is 0 Å². The fourth-order valence-electron chi connectivity index (χ4n) is 2.35. The highest BCUT2D eigenvalue weighted by molar-refractivity contribution is 9.10. The summed E-state index contributed by atoms with van der Waals surface area (Å²) in [6, 6.07) is 4.68. The van der Waals surface area contributed by atoms with E-state index in [1.807, 2.05) is 0 Å². The lowest BCUT2D eigenvalue weighted by molar-refractivity contribution is -0.142. The largest absolute Gasteiger partial charge is 0.481 e. The molecule has 1 aromatic carbocycles. The third-order valence-electron chi connectivity index (χ3n) is 3.32. The lowest BCUT2D eigenvalue weighted by Crippen LogP contribution is -2.40. The van der Waals surface area contributed by atoms with Gasteiger partial charge in [-0.15, -0.1) is 0 Å². The van der Waals surface area contributed by atoms with Crippen molar-refractivity contribution in [2.24, 2.45) is 5.92 Å². The molecule has 1 fully saturated rings. The molecule has 0 unspecified atom stereocenters. The summed E-state index contributed by atoms with van der Waals surface area (Å²) in [5.41, 5.74) is 0.354. The summed E-state index contributed by atoms with van der Waals surface area (Å²) < 4.78 is 0.753. The number of aliphatic carboxylic acids is 1. The molecular weight excluding hydrogens is 334 g/mol. The van der Waals surface area contributed by atoms with Gasteiger partial charge in [-0.3, -0.25) is 9.59 Å². The van der Waals surface area contributed by atoms with E-state index in [0.717, 1.165) is 10.9 Å². The number of hydrogen-bond donors (Lipinski definition) is 2. The smallest absolute Gasteiger partial charge is 0.308 e. The van der Waals surface area contributed by atoms with E-state index in [1.165, 1.54) is 0 Å². The van der Waals surface area contributed by atoms with Gasteiger partial charge in [0.25, 0.3) is 5.91 Å². The molecule has 0 radical (unpaired) electrons. The fourth-order valence-corrected chi connectivity index (χ4v) is 2.91. The zero-order valence-corrected chi connectivity index (χ0v) is 12.4. The summed E-state index contributed by atoms with van der Waals surface area (Å²) in [5.74, 6) is -1.69. The first-order chi connectivity index (χ1) is 8.99. The third-order valence-corrected chi connectivity index (χ3v) is 4.15. The molecule has 4 nitrogen and oxygen atoms in total. The maximum absolute atomic E-state index is 12.1. The standard InChI is InChI=1S/C13H13BrClNO3/c14-7-4-5-10(15)9(6-7)12(17)16-11-3-1-2-8(11)13(18)19/h4-6,8,11H,1-3H2,(H,16,17)(H,18,19)/t8-,11+/m1/s1. The quantitative estimate of drug-likeness (QED) is 0.884. The molecule has 1 amide bonds. The summed E-state index contributed by atoms with van der Waals surface area (Å²) >= 11 is 9.26. The zero-order chi connectivity index (χ0) is 14.0. The van der Waals surface area contributed by atoms with E-state index < -0.39 is 11.9 Å². The van der Waals surface area contributed by atoms with Crippen LogP contribution >= 0.6 is 27.5 Å². The van der Waals surface area contributed by atoms with Gasteiger partial charge in [-0.2, -0.15) is 0 Å². The molecule has 2 atom stereocenters. The Morgan fingerprint density at radius 1 is 1.37 bits per heavy atom. The number of nitrogens with one attached hydrogen (secondary N) is 1. The molecule has 0 aromatic heterocycles. The SMILES string of the molecule is O=C(N[C@H]1CCC[C@H]1C(=O)O)c1cc(Br)ccc1Cl. The predicted molar refractivity (Wildman–Crippen MR) is 75.4 cm³/mol. The van der Waals surface area contributed by atoms with Gasteiger partial charge in [0.2, 0.25) is 0 Å². The number of hydrogen-bond acceptors (Lipinski definition) is 2. The number of carbonyl (C=O) groups excluding carboxylic acids is 1. The van der Waals surface area contributed by atoms with Crippen LogP contribution in [0, 0.1) is 5.92 Å². The summed E-state index contributed by atoms with van der Waals surface area (Å²) in [6.07, 6.45) is 2.11. The van der Waals surface area contributed by atoms with Crippen LogP contribution in [0.1, 0.15) is 29.6 Å². The van der Waals surface area contributed by atoms with Crippen LogP contribution in [-0.2, 0) is 4.79 Å². The Balaban J connectivity index is 2.12. The van der Waals surface area contributed by atoms with E-state index in [0.29, 0.717) is 23.4 Å². The molecular formula is C13H13BrClNO3. The molecule has 1 aliphatic carbocycles. The van der Waals surface area contributed by atoms with Gasteiger partial charge >= 0.3 is 5.97 Å². The minimum Gasteiger partial charge on any atom is -0.481 e. The van der Waals surface area contributed by atoms with E-state index in [4.69, 9.17) is 16.7 Å². The highest BCUT2D eigenvalue weighted by Gasteiger charge is 2.34. The number of carboxylic acid groups (broad SMARTS) is 1. The molecule has 1 aliphatic rings. The van der Waals surface area contributed by atoms with Crippen LogP contribution in [0.3, 0.4) is 0 Å². The van der Waals surface area contributed by atoms with Crippen molar-refractivity contribution in [1.29, 1.82) is 0 Å². The molecule has 0 spiro atoms. The molecule has 0 bridgehead atoms. The second-order valence-electron chi connectivity index (χ2n) is 4.58. The second kappa shape index (κ2) is 5.92. The van der Waals surface area contributed by atoms with Crippen molar-refractivity contribution in [1.82, 2.24) is 5.32 Å². The molecule has 0 heterocycles. The molecule has 1 saturated carbocycles. The summed E-state index contributed by atoms with van der Waals surface area (Å²) in [5, 5.41) is 12.2. The average Bonchev–Trinajstić information content (AvgIpc) is 2.80. The number of carboxylic acids is 1. The van der Waals surface area contributed by atoms with Gasteiger partial charge in [-0.25, -0.2) is 0 Å². The van der Waals surface area contributed by atoms with Crippen molar-refractivity contribution >= 4 is 39.4 Å². The van der Waals surface area contributed by atoms with Crippen molar-refractivity contribution in [2.75, 3.05) is 0 Å². The number of benzene rings is 1. The minimum atomic E-state index is -0.858. The highest BCUT2D eigenvalue weighted by atomic mass is 79.9. The highest BCUT2D eigenvalue weighted by Crippen LogP contribution is 2.27. The lowest BCUT2D eigenvalue weighted by Gasteiger charge is -2.18. The first-order valence-corrected chi connectivity index (χ1v) is 7.15. The van der Waals surface area contributed by atoms with Crippen molar-refractivity contribution in [3.05, 3.63) is 33.3 Å². The number of halogens is 2. The molecule has 1 aromatic rings. The minimum absolute atomic E-state index is 0.319. The van der Waals surface area contributed by atoms with Gasteiger partial charge in [0.1, 0.15) is 0 Å². The van der Waals surface area contributed by atoms with Crippen molar-refractivity contribution in [2.45, 2.75) is 25.3 Å². The first kappa shape index (κ1) is 14.3. The Morgan fingerprint density at radius 2 is 2.11 bits per heavy atom. The van der Waals surface area contributed by atoms with Crippen LogP contribution < -0.4 is 5.32 Å². The van der Waals surface area contributed by atoms with Crippen LogP contribution in [0.15, 0.2) is 22.7 Å². The summed E-state index contributed by atoms with van der Waals surface area (Å²) in [4.78, 5) is 23.2. The molecule has 0 aliphatic heterocycles. The maximum atomic E-state index is 12.1. The van der Waals surface area contributed by atoms with Gasteiger partial charge in [0.05, 0.1) is 16.5 Å². The van der Waals surface area contributed by atoms with Crippen molar-refractivity contribution in [3.8, 4) is 0 Å². The average molecular weight is 347 g/mol. The van der Waals surface area contributed by atoms with Gasteiger partial charge in [-0.05, 0) is 31.0 Å². The Bertz CT molecular complexity index is 521. The normalized spacial score (nSPS) is 22.2. The molecule has 0 saturated heterocycles. The van der Waals surface area contributed by atoms with Gasteiger partial charge < -0.3 is 10.4 Å². The summed E-state index contributed by atoms with van der Waals surface area (Å²) in [6.45, 7) is 0. The first-order valence-electron chi connectivity index (χ1n) is 5.98. The molecule has 19 heavy (non-hydrogen) atoms. The van der Waals surface area contributed by atoms with E-state index in [2.05, 4.69) is 21.2 Å². The Morgan fingerprint density at radius 3 is 2.79 bits per heavy atom.